The molecule has 1 saturated heterocycles. The number of ether oxygens (including phenoxy) is 1. The maximum absolute atomic E-state index is 12.2. The van der Waals surface area contributed by atoms with Gasteiger partial charge < -0.3 is 10.1 Å². The van der Waals surface area contributed by atoms with E-state index in [1.165, 1.54) is 0 Å². The summed E-state index contributed by atoms with van der Waals surface area (Å²) in [5.41, 5.74) is -0.620. The molecule has 0 aromatic heterocycles. The Morgan fingerprint density at radius 2 is 1.90 bits per heavy atom. The Morgan fingerprint density at radius 3 is 2.33 bits per heavy atom. The van der Waals surface area contributed by atoms with Crippen molar-refractivity contribution < 1.29 is 9.53 Å². The summed E-state index contributed by atoms with van der Waals surface area (Å²) in [6.07, 6.45) is 0.755. The average Bonchev–Trinajstić information content (AvgIpc) is 2.44. The molecule has 5 nitrogen and oxygen atoms in total. The topological polar surface area (TPSA) is 44.8 Å². The van der Waals surface area contributed by atoms with Gasteiger partial charge in [0.1, 0.15) is 5.54 Å². The van der Waals surface area contributed by atoms with Gasteiger partial charge in [-0.1, -0.05) is 0 Å². The summed E-state index contributed by atoms with van der Waals surface area (Å²) in [7, 11) is 4.02. The first kappa shape index (κ1) is 18.4. The molecule has 0 aromatic carbocycles. The Balaban J connectivity index is 2.70. The molecule has 0 aliphatic carbocycles. The Morgan fingerprint density at radius 1 is 1.38 bits per heavy atom. The third-order valence-corrected chi connectivity index (χ3v) is 4.99. The van der Waals surface area contributed by atoms with Crippen molar-refractivity contribution in [1.29, 1.82) is 0 Å². The van der Waals surface area contributed by atoms with Crippen LogP contribution in [-0.4, -0.2) is 73.2 Å². The van der Waals surface area contributed by atoms with E-state index in [2.05, 4.69) is 42.9 Å². The van der Waals surface area contributed by atoms with Crippen molar-refractivity contribution in [2.24, 2.45) is 0 Å². The Hall–Kier alpha value is -0.650. The van der Waals surface area contributed by atoms with E-state index in [0.29, 0.717) is 24.7 Å². The van der Waals surface area contributed by atoms with Crippen molar-refractivity contribution in [3.05, 3.63) is 0 Å². The Kier molecular flexibility index (Phi) is 6.63. The highest BCUT2D eigenvalue weighted by Gasteiger charge is 2.38. The van der Waals surface area contributed by atoms with Crippen LogP contribution in [0.3, 0.4) is 0 Å². The molecule has 0 aromatic rings. The van der Waals surface area contributed by atoms with Crippen molar-refractivity contribution in [2.75, 3.05) is 33.8 Å². The molecule has 1 heterocycles. The number of likely N-dealkylation sites (N-methyl/N-ethyl adjacent to an activating group) is 2. The number of nitrogens with one attached hydrogen (secondary N) is 1. The lowest BCUT2D eigenvalue weighted by molar-refractivity contribution is -0.151. The molecule has 4 atom stereocenters. The van der Waals surface area contributed by atoms with Gasteiger partial charge in [-0.2, -0.15) is 0 Å². The first-order valence-corrected chi connectivity index (χ1v) is 8.07. The number of hydrogen-bond acceptors (Lipinski definition) is 5. The monoisotopic (exact) mass is 299 g/mol. The van der Waals surface area contributed by atoms with Gasteiger partial charge in [0.2, 0.25) is 0 Å². The Labute approximate surface area is 130 Å². The van der Waals surface area contributed by atoms with Crippen LogP contribution >= 0.6 is 0 Å². The summed E-state index contributed by atoms with van der Waals surface area (Å²) in [4.78, 5) is 17.1. The van der Waals surface area contributed by atoms with Crippen LogP contribution in [0.4, 0.5) is 0 Å². The van der Waals surface area contributed by atoms with Gasteiger partial charge in [0.15, 0.2) is 0 Å². The molecule has 0 amide bonds. The van der Waals surface area contributed by atoms with Crippen LogP contribution in [0.15, 0.2) is 0 Å². The molecule has 5 heteroatoms. The van der Waals surface area contributed by atoms with E-state index in [1.54, 1.807) is 0 Å². The molecular formula is C16H33N3O2. The molecule has 124 valence electrons. The van der Waals surface area contributed by atoms with Gasteiger partial charge in [0.25, 0.3) is 0 Å². The van der Waals surface area contributed by atoms with E-state index >= 15 is 0 Å². The van der Waals surface area contributed by atoms with Crippen molar-refractivity contribution in [3.8, 4) is 0 Å². The van der Waals surface area contributed by atoms with Gasteiger partial charge in [-0.05, 0) is 55.1 Å². The summed E-state index contributed by atoms with van der Waals surface area (Å²) in [6.45, 7) is 13.0. The van der Waals surface area contributed by atoms with Crippen LogP contribution < -0.4 is 5.32 Å². The minimum Gasteiger partial charge on any atom is -0.465 e. The van der Waals surface area contributed by atoms with Gasteiger partial charge in [-0.3, -0.25) is 14.6 Å². The smallest absolute Gasteiger partial charge is 0.326 e. The largest absolute Gasteiger partial charge is 0.465 e. The van der Waals surface area contributed by atoms with Crippen LogP contribution in [0.2, 0.25) is 0 Å². The molecule has 1 aliphatic rings. The zero-order chi connectivity index (χ0) is 16.2. The third-order valence-electron chi connectivity index (χ3n) is 4.99. The summed E-state index contributed by atoms with van der Waals surface area (Å²) in [5.74, 6) is -0.158. The summed E-state index contributed by atoms with van der Waals surface area (Å²) >= 11 is 0. The normalized spacial score (nSPS) is 28.9. The fraction of sp³-hybridized carbons (Fsp3) is 0.938. The van der Waals surface area contributed by atoms with E-state index in [9.17, 15) is 4.79 Å². The van der Waals surface area contributed by atoms with E-state index in [4.69, 9.17) is 4.74 Å². The maximum atomic E-state index is 12.2. The van der Waals surface area contributed by atoms with Crippen LogP contribution in [-0.2, 0) is 9.53 Å². The SMILES string of the molecule is CCOC(=O)C(C)(CC(C)N1CC(C)N(C)C(C)C1)NC. The van der Waals surface area contributed by atoms with E-state index < -0.39 is 5.54 Å². The average molecular weight is 299 g/mol. The zero-order valence-electron chi connectivity index (χ0n) is 14.8. The quantitative estimate of drug-likeness (QED) is 0.750. The van der Waals surface area contributed by atoms with Crippen molar-refractivity contribution in [3.63, 3.8) is 0 Å². The lowest BCUT2D eigenvalue weighted by Crippen LogP contribution is -2.59. The van der Waals surface area contributed by atoms with Gasteiger partial charge in [0, 0.05) is 31.2 Å². The minimum absolute atomic E-state index is 0.158. The number of nitrogens with zero attached hydrogens (tertiary/aromatic N) is 2. The molecule has 1 fully saturated rings. The van der Waals surface area contributed by atoms with Crippen LogP contribution in [0.25, 0.3) is 0 Å². The third kappa shape index (κ3) is 4.41. The molecule has 0 saturated carbocycles. The number of rotatable bonds is 6. The zero-order valence-corrected chi connectivity index (χ0v) is 14.8. The number of carbonyl (C=O) groups excluding carboxylic acids is 1. The highest BCUT2D eigenvalue weighted by atomic mass is 16.5. The molecule has 21 heavy (non-hydrogen) atoms. The molecule has 1 aliphatic heterocycles. The maximum Gasteiger partial charge on any atom is 0.326 e. The van der Waals surface area contributed by atoms with Crippen LogP contribution in [0.5, 0.6) is 0 Å². The number of hydrogen-bond donors (Lipinski definition) is 1. The molecule has 1 N–H and O–H groups in total. The molecular weight excluding hydrogens is 266 g/mol. The molecule has 1 rings (SSSR count). The minimum atomic E-state index is -0.620. The lowest BCUT2D eigenvalue weighted by Gasteiger charge is -2.46. The second-order valence-electron chi connectivity index (χ2n) is 6.67. The second-order valence-corrected chi connectivity index (χ2v) is 6.67. The Bertz CT molecular complexity index is 338. The number of esters is 1. The first-order chi connectivity index (χ1) is 9.75. The van der Waals surface area contributed by atoms with Gasteiger partial charge >= 0.3 is 5.97 Å². The van der Waals surface area contributed by atoms with Crippen molar-refractivity contribution in [2.45, 2.75) is 64.7 Å². The predicted octanol–water partition coefficient (Wildman–Crippen LogP) is 1.33. The molecule has 0 spiro atoms. The summed E-state index contributed by atoms with van der Waals surface area (Å²) < 4.78 is 5.22. The van der Waals surface area contributed by atoms with E-state index in [-0.39, 0.29) is 5.97 Å². The lowest BCUT2D eigenvalue weighted by atomic mass is 9.92. The van der Waals surface area contributed by atoms with Gasteiger partial charge in [-0.25, -0.2) is 0 Å². The highest BCUT2D eigenvalue weighted by Crippen LogP contribution is 2.22. The van der Waals surface area contributed by atoms with E-state index in [0.717, 1.165) is 19.5 Å². The molecule has 0 bridgehead atoms. The number of piperazine rings is 1. The summed E-state index contributed by atoms with van der Waals surface area (Å²) in [5, 5.41) is 3.15. The second kappa shape index (κ2) is 7.56. The van der Waals surface area contributed by atoms with E-state index in [1.807, 2.05) is 20.9 Å². The molecule has 0 radical (unpaired) electrons. The highest BCUT2D eigenvalue weighted by molar-refractivity contribution is 5.80. The van der Waals surface area contributed by atoms with Crippen LogP contribution in [0.1, 0.15) is 41.0 Å². The summed E-state index contributed by atoms with van der Waals surface area (Å²) in [6, 6.07) is 1.42. The van der Waals surface area contributed by atoms with Crippen LogP contribution in [0, 0.1) is 0 Å². The van der Waals surface area contributed by atoms with Gasteiger partial charge in [-0.15, -0.1) is 0 Å². The molecule has 4 unspecified atom stereocenters. The fourth-order valence-corrected chi connectivity index (χ4v) is 3.10. The van der Waals surface area contributed by atoms with Crippen molar-refractivity contribution >= 4 is 5.97 Å². The van der Waals surface area contributed by atoms with Gasteiger partial charge in [0.05, 0.1) is 6.61 Å². The predicted molar refractivity (Wildman–Crippen MR) is 86.4 cm³/mol. The van der Waals surface area contributed by atoms with Crippen molar-refractivity contribution in [1.82, 2.24) is 15.1 Å². The number of carbonyl (C=O) groups is 1. The fourth-order valence-electron chi connectivity index (χ4n) is 3.10. The standard InChI is InChI=1S/C16H33N3O2/c1-8-21-15(20)16(5,17-6)9-12(2)19-10-13(3)18(7)14(4)11-19/h12-14,17H,8-11H2,1-7H3. The first-order valence-electron chi connectivity index (χ1n) is 8.07.